The van der Waals surface area contributed by atoms with Gasteiger partial charge >= 0.3 is 0 Å². The molecule has 1 atom stereocenters. The highest BCUT2D eigenvalue weighted by molar-refractivity contribution is 5.75. The summed E-state index contributed by atoms with van der Waals surface area (Å²) < 4.78 is 4.84. The molecule has 56 valence electrons. The Hall–Kier alpha value is -0.370. The number of ketones is 1. The van der Waals surface area contributed by atoms with Crippen LogP contribution in [0, 0.1) is 0 Å². The molecule has 0 aromatic rings. The fourth-order valence-electron chi connectivity index (χ4n) is 0.488. The predicted octanol–water partition coefficient (Wildman–Crippen LogP) is 1.64. The molecule has 0 rings (SSSR count). The standard InChI is InChI=1S/C6H12O2.CH4/c1-5(7)4-6(2)8-3;/h6H,4H2,1-3H3;1H4. The number of rotatable bonds is 3. The van der Waals surface area contributed by atoms with Crippen LogP contribution in [0.3, 0.4) is 0 Å². The minimum atomic E-state index is 0. The Bertz CT molecular complexity index is 79.0. The van der Waals surface area contributed by atoms with E-state index >= 15 is 0 Å². The Morgan fingerprint density at radius 2 is 2.11 bits per heavy atom. The molecule has 0 aliphatic rings. The highest BCUT2D eigenvalue weighted by Crippen LogP contribution is 1.94. The lowest BCUT2D eigenvalue weighted by molar-refractivity contribution is -0.119. The number of carbonyl (C=O) groups excluding carboxylic acids is 1. The Morgan fingerprint density at radius 1 is 1.67 bits per heavy atom. The molecule has 9 heavy (non-hydrogen) atoms. The Morgan fingerprint density at radius 3 is 2.22 bits per heavy atom. The van der Waals surface area contributed by atoms with Crippen molar-refractivity contribution in [1.82, 2.24) is 0 Å². The predicted molar refractivity (Wildman–Crippen MR) is 38.5 cm³/mol. The minimum Gasteiger partial charge on any atom is -0.381 e. The molecule has 0 spiro atoms. The van der Waals surface area contributed by atoms with Gasteiger partial charge in [-0.05, 0) is 13.8 Å². The van der Waals surface area contributed by atoms with E-state index in [1.54, 1.807) is 14.0 Å². The molecule has 0 bridgehead atoms. The van der Waals surface area contributed by atoms with Crippen LogP contribution in [0.1, 0.15) is 27.7 Å². The van der Waals surface area contributed by atoms with Gasteiger partial charge in [0.15, 0.2) is 0 Å². The average molecular weight is 132 g/mol. The third-order valence-electron chi connectivity index (χ3n) is 0.977. The molecular weight excluding hydrogens is 116 g/mol. The summed E-state index contributed by atoms with van der Waals surface area (Å²) in [5.41, 5.74) is 0. The van der Waals surface area contributed by atoms with E-state index in [0.29, 0.717) is 6.42 Å². The molecule has 0 aromatic carbocycles. The largest absolute Gasteiger partial charge is 0.381 e. The van der Waals surface area contributed by atoms with Gasteiger partial charge < -0.3 is 4.74 Å². The van der Waals surface area contributed by atoms with Gasteiger partial charge in [0.2, 0.25) is 0 Å². The molecule has 0 saturated carbocycles. The van der Waals surface area contributed by atoms with Crippen molar-refractivity contribution < 1.29 is 9.53 Å². The van der Waals surface area contributed by atoms with E-state index in [2.05, 4.69) is 0 Å². The van der Waals surface area contributed by atoms with Crippen molar-refractivity contribution in [2.24, 2.45) is 0 Å². The van der Waals surface area contributed by atoms with Gasteiger partial charge in [0.1, 0.15) is 5.78 Å². The summed E-state index contributed by atoms with van der Waals surface area (Å²) in [6.45, 7) is 3.44. The summed E-state index contributed by atoms with van der Waals surface area (Å²) in [6, 6.07) is 0. The van der Waals surface area contributed by atoms with Gasteiger partial charge in [-0.25, -0.2) is 0 Å². The van der Waals surface area contributed by atoms with Gasteiger partial charge in [0.25, 0.3) is 0 Å². The highest BCUT2D eigenvalue weighted by atomic mass is 16.5. The van der Waals surface area contributed by atoms with Crippen LogP contribution >= 0.6 is 0 Å². The molecule has 0 aliphatic carbocycles. The molecule has 0 N–H and O–H groups in total. The van der Waals surface area contributed by atoms with Gasteiger partial charge in [0.05, 0.1) is 6.10 Å². The van der Waals surface area contributed by atoms with Crippen molar-refractivity contribution in [3.63, 3.8) is 0 Å². The topological polar surface area (TPSA) is 26.3 Å². The van der Waals surface area contributed by atoms with E-state index in [0.717, 1.165) is 0 Å². The normalized spacial score (nSPS) is 11.9. The van der Waals surface area contributed by atoms with Crippen molar-refractivity contribution in [3.05, 3.63) is 0 Å². The molecule has 0 saturated heterocycles. The first-order valence-electron chi connectivity index (χ1n) is 2.69. The van der Waals surface area contributed by atoms with Crippen LogP contribution in [-0.2, 0) is 9.53 Å². The number of carbonyl (C=O) groups is 1. The molecule has 0 amide bonds. The van der Waals surface area contributed by atoms with Crippen molar-refractivity contribution in [3.8, 4) is 0 Å². The van der Waals surface area contributed by atoms with E-state index in [1.165, 1.54) is 0 Å². The molecule has 0 aromatic heterocycles. The number of ether oxygens (including phenoxy) is 1. The van der Waals surface area contributed by atoms with Crippen LogP contribution < -0.4 is 0 Å². The molecule has 1 unspecified atom stereocenters. The molecular formula is C7H16O2. The first kappa shape index (κ1) is 11.4. The second kappa shape index (κ2) is 5.76. The van der Waals surface area contributed by atoms with E-state index in [-0.39, 0.29) is 19.3 Å². The molecule has 0 fully saturated rings. The van der Waals surface area contributed by atoms with Crippen LogP contribution in [0.4, 0.5) is 0 Å². The lowest BCUT2D eigenvalue weighted by atomic mass is 10.2. The maximum Gasteiger partial charge on any atom is 0.132 e. The lowest BCUT2D eigenvalue weighted by Crippen LogP contribution is -2.08. The van der Waals surface area contributed by atoms with Crippen LogP contribution in [0.25, 0.3) is 0 Å². The summed E-state index contributed by atoms with van der Waals surface area (Å²) in [6.07, 6.45) is 0.601. The monoisotopic (exact) mass is 132 g/mol. The third kappa shape index (κ3) is 7.63. The quantitative estimate of drug-likeness (QED) is 0.583. The minimum absolute atomic E-state index is 0. The second-order valence-corrected chi connectivity index (χ2v) is 1.95. The van der Waals surface area contributed by atoms with Crippen molar-refractivity contribution in [2.45, 2.75) is 33.8 Å². The third-order valence-corrected chi connectivity index (χ3v) is 0.977. The fourth-order valence-corrected chi connectivity index (χ4v) is 0.488. The zero-order valence-electron chi connectivity index (χ0n) is 5.60. The molecule has 0 heterocycles. The zero-order valence-corrected chi connectivity index (χ0v) is 5.60. The van der Waals surface area contributed by atoms with Crippen molar-refractivity contribution in [1.29, 1.82) is 0 Å². The SMILES string of the molecule is C.COC(C)CC(C)=O. The lowest BCUT2D eigenvalue weighted by Gasteiger charge is -2.03. The number of hydrogen-bond acceptors (Lipinski definition) is 2. The molecule has 2 heteroatoms. The Balaban J connectivity index is 0. The Kier molecular flexibility index (Phi) is 7.32. The summed E-state index contributed by atoms with van der Waals surface area (Å²) >= 11 is 0. The molecule has 0 radical (unpaired) electrons. The van der Waals surface area contributed by atoms with Crippen molar-refractivity contribution >= 4 is 5.78 Å². The van der Waals surface area contributed by atoms with E-state index in [9.17, 15) is 4.79 Å². The molecule has 0 aliphatic heterocycles. The zero-order chi connectivity index (χ0) is 6.57. The van der Waals surface area contributed by atoms with Gasteiger partial charge in [0, 0.05) is 13.5 Å². The van der Waals surface area contributed by atoms with Gasteiger partial charge in [-0.3, -0.25) is 4.79 Å². The van der Waals surface area contributed by atoms with E-state index in [4.69, 9.17) is 4.74 Å². The average Bonchev–Trinajstić information content (AvgIpc) is 1.65. The van der Waals surface area contributed by atoms with Crippen LogP contribution in [0.2, 0.25) is 0 Å². The Labute approximate surface area is 57.2 Å². The van der Waals surface area contributed by atoms with Gasteiger partial charge in [-0.1, -0.05) is 7.43 Å². The highest BCUT2D eigenvalue weighted by Gasteiger charge is 2.00. The summed E-state index contributed by atoms with van der Waals surface area (Å²) in [4.78, 5) is 10.3. The van der Waals surface area contributed by atoms with Crippen molar-refractivity contribution in [2.75, 3.05) is 7.11 Å². The van der Waals surface area contributed by atoms with Gasteiger partial charge in [-0.15, -0.1) is 0 Å². The fraction of sp³-hybridized carbons (Fsp3) is 0.857. The number of methoxy groups -OCH3 is 1. The smallest absolute Gasteiger partial charge is 0.132 e. The van der Waals surface area contributed by atoms with E-state index in [1.807, 2.05) is 6.92 Å². The first-order chi connectivity index (χ1) is 3.66. The van der Waals surface area contributed by atoms with E-state index < -0.39 is 0 Å². The number of Topliss-reactive ketones (excluding diaryl/α,β-unsaturated/α-hetero) is 1. The summed E-state index contributed by atoms with van der Waals surface area (Å²) in [7, 11) is 1.60. The van der Waals surface area contributed by atoms with Crippen LogP contribution in [0.5, 0.6) is 0 Å². The number of hydrogen-bond donors (Lipinski definition) is 0. The van der Waals surface area contributed by atoms with Crippen LogP contribution in [-0.4, -0.2) is 19.0 Å². The maximum atomic E-state index is 10.3. The maximum absolute atomic E-state index is 10.3. The second-order valence-electron chi connectivity index (χ2n) is 1.95. The van der Waals surface area contributed by atoms with Crippen LogP contribution in [0.15, 0.2) is 0 Å². The summed E-state index contributed by atoms with van der Waals surface area (Å²) in [5.74, 6) is 0.180. The van der Waals surface area contributed by atoms with Gasteiger partial charge in [-0.2, -0.15) is 0 Å². The summed E-state index contributed by atoms with van der Waals surface area (Å²) in [5, 5.41) is 0. The molecule has 2 nitrogen and oxygen atoms in total. The first-order valence-corrected chi connectivity index (χ1v) is 2.69.